The maximum Gasteiger partial charge on any atom is 0.223 e. The summed E-state index contributed by atoms with van der Waals surface area (Å²) in [6.07, 6.45) is 7.26. The van der Waals surface area contributed by atoms with Crippen LogP contribution in [-0.4, -0.2) is 34.6 Å². The number of hydrogen-bond donors (Lipinski definition) is 1. The Balaban J connectivity index is 2.00. The monoisotopic (exact) mass is 330 g/mol. The number of carbonyl (C=O) groups excluding carboxylic acids is 1. The largest absolute Gasteiger partial charge is 0.396 e. The highest BCUT2D eigenvalue weighted by Crippen LogP contribution is 2.38. The van der Waals surface area contributed by atoms with E-state index in [-0.39, 0.29) is 24.3 Å². The number of allylic oxidation sites excluding steroid dienone is 1. The molecule has 0 saturated carbocycles. The topological polar surface area (TPSA) is 53.4 Å². The van der Waals surface area contributed by atoms with E-state index in [9.17, 15) is 9.90 Å². The summed E-state index contributed by atoms with van der Waals surface area (Å²) in [6.45, 7) is 7.29. The van der Waals surface area contributed by atoms with E-state index in [4.69, 9.17) is 0 Å². The second kappa shape index (κ2) is 8.43. The maximum atomic E-state index is 12.6. The van der Waals surface area contributed by atoms with Gasteiger partial charge in [-0.1, -0.05) is 31.6 Å². The van der Waals surface area contributed by atoms with Crippen LogP contribution in [0.1, 0.15) is 39.2 Å². The molecule has 1 N–H and O–H groups in total. The molecule has 132 valence electrons. The molecule has 1 aromatic rings. The molecule has 3 atom stereocenters. The molecule has 2 rings (SSSR count). The summed E-state index contributed by atoms with van der Waals surface area (Å²) < 4.78 is 0. The molecule has 4 heteroatoms. The number of pyridine rings is 1. The molecule has 0 saturated heterocycles. The van der Waals surface area contributed by atoms with E-state index in [0.29, 0.717) is 24.8 Å². The van der Waals surface area contributed by atoms with Crippen LogP contribution in [0.3, 0.4) is 0 Å². The molecule has 1 heterocycles. The average Bonchev–Trinajstić information content (AvgIpc) is 2.56. The zero-order valence-corrected chi connectivity index (χ0v) is 15.3. The second-order valence-electron chi connectivity index (χ2n) is 7.41. The highest BCUT2D eigenvalue weighted by molar-refractivity contribution is 5.76. The summed E-state index contributed by atoms with van der Waals surface area (Å²) in [6, 6.07) is 3.88. The number of nitrogens with zero attached hydrogens (tertiary/aromatic N) is 2. The van der Waals surface area contributed by atoms with Gasteiger partial charge in [-0.3, -0.25) is 9.78 Å². The van der Waals surface area contributed by atoms with Crippen molar-refractivity contribution < 1.29 is 9.90 Å². The minimum atomic E-state index is 0.168. The number of carbonyl (C=O) groups is 1. The van der Waals surface area contributed by atoms with Crippen LogP contribution in [0.25, 0.3) is 0 Å². The third-order valence-corrected chi connectivity index (χ3v) is 5.28. The molecule has 24 heavy (non-hydrogen) atoms. The van der Waals surface area contributed by atoms with Crippen molar-refractivity contribution in [3.63, 3.8) is 0 Å². The number of aliphatic hydroxyl groups is 1. The minimum Gasteiger partial charge on any atom is -0.396 e. The predicted molar refractivity (Wildman–Crippen MR) is 96.1 cm³/mol. The van der Waals surface area contributed by atoms with E-state index >= 15 is 0 Å². The van der Waals surface area contributed by atoms with Crippen molar-refractivity contribution in [1.29, 1.82) is 0 Å². The van der Waals surface area contributed by atoms with Crippen molar-refractivity contribution in [2.45, 2.75) is 40.2 Å². The van der Waals surface area contributed by atoms with Crippen molar-refractivity contribution in [3.8, 4) is 0 Å². The van der Waals surface area contributed by atoms with Crippen LogP contribution in [-0.2, 0) is 11.3 Å². The first-order valence-corrected chi connectivity index (χ1v) is 8.84. The van der Waals surface area contributed by atoms with Crippen LogP contribution in [0, 0.1) is 23.7 Å². The zero-order chi connectivity index (χ0) is 17.7. The van der Waals surface area contributed by atoms with Crippen LogP contribution in [0.2, 0.25) is 0 Å². The van der Waals surface area contributed by atoms with Gasteiger partial charge in [-0.15, -0.1) is 0 Å². The molecule has 4 nitrogen and oxygen atoms in total. The molecule has 0 aromatic carbocycles. The predicted octanol–water partition coefficient (Wildman–Crippen LogP) is 3.28. The molecule has 0 fully saturated rings. The molecule has 1 amide bonds. The zero-order valence-electron chi connectivity index (χ0n) is 15.3. The standard InChI is InChI=1S/C20H30N2O2/c1-14(2)19-9-17(15(3)8-18(19)13-23)10-20(24)22(4)12-16-6-5-7-21-11-16/h5-8,11,14,17-19,23H,9-10,12-13H2,1-4H3/t17-,18-,19-/m0/s1. The molecule has 0 radical (unpaired) electrons. The van der Waals surface area contributed by atoms with Gasteiger partial charge in [-0.05, 0) is 42.7 Å². The van der Waals surface area contributed by atoms with Gasteiger partial charge >= 0.3 is 0 Å². The SMILES string of the molecule is CC1=C[C@@H](CO)[C@H](C(C)C)C[C@H]1CC(=O)N(C)Cc1cccnc1. The Hall–Kier alpha value is -1.68. The number of amides is 1. The van der Waals surface area contributed by atoms with Crippen LogP contribution >= 0.6 is 0 Å². The van der Waals surface area contributed by atoms with E-state index in [1.165, 1.54) is 5.57 Å². The lowest BCUT2D eigenvalue weighted by Gasteiger charge is -2.36. The van der Waals surface area contributed by atoms with Crippen molar-refractivity contribution in [3.05, 3.63) is 41.7 Å². The summed E-state index contributed by atoms with van der Waals surface area (Å²) in [5.74, 6) is 1.63. The van der Waals surface area contributed by atoms with E-state index in [1.807, 2.05) is 19.2 Å². The molecule has 1 aliphatic carbocycles. The Morgan fingerprint density at radius 3 is 2.79 bits per heavy atom. The van der Waals surface area contributed by atoms with Gasteiger partial charge in [0.25, 0.3) is 0 Å². The van der Waals surface area contributed by atoms with Gasteiger partial charge in [-0.25, -0.2) is 0 Å². The Morgan fingerprint density at radius 1 is 1.46 bits per heavy atom. The van der Waals surface area contributed by atoms with Crippen molar-refractivity contribution in [1.82, 2.24) is 9.88 Å². The summed E-state index contributed by atoms with van der Waals surface area (Å²) in [5, 5.41) is 9.62. The lowest BCUT2D eigenvalue weighted by atomic mass is 9.70. The molecular weight excluding hydrogens is 300 g/mol. The Morgan fingerprint density at radius 2 is 2.21 bits per heavy atom. The Labute approximate surface area is 145 Å². The van der Waals surface area contributed by atoms with E-state index in [1.54, 1.807) is 17.3 Å². The molecule has 0 unspecified atom stereocenters. The average molecular weight is 330 g/mol. The fraction of sp³-hybridized carbons (Fsp3) is 0.600. The lowest BCUT2D eigenvalue weighted by molar-refractivity contribution is -0.131. The lowest BCUT2D eigenvalue weighted by Crippen LogP contribution is -2.33. The third kappa shape index (κ3) is 4.67. The number of rotatable bonds is 6. The van der Waals surface area contributed by atoms with Crippen LogP contribution < -0.4 is 0 Å². The molecule has 0 spiro atoms. The summed E-state index contributed by atoms with van der Waals surface area (Å²) in [5.41, 5.74) is 2.29. The van der Waals surface area contributed by atoms with Crippen LogP contribution in [0.4, 0.5) is 0 Å². The van der Waals surface area contributed by atoms with Crippen LogP contribution in [0.15, 0.2) is 36.2 Å². The van der Waals surface area contributed by atoms with Gasteiger partial charge in [-0.2, -0.15) is 0 Å². The van der Waals surface area contributed by atoms with Crippen molar-refractivity contribution in [2.24, 2.45) is 23.7 Å². The van der Waals surface area contributed by atoms with Gasteiger partial charge in [0.1, 0.15) is 0 Å². The van der Waals surface area contributed by atoms with Gasteiger partial charge in [0.2, 0.25) is 5.91 Å². The van der Waals surface area contributed by atoms with Gasteiger partial charge in [0.05, 0.1) is 0 Å². The summed E-state index contributed by atoms with van der Waals surface area (Å²) in [4.78, 5) is 18.5. The Bertz CT molecular complexity index is 568. The second-order valence-corrected chi connectivity index (χ2v) is 7.41. The van der Waals surface area contributed by atoms with Crippen molar-refractivity contribution in [2.75, 3.05) is 13.7 Å². The van der Waals surface area contributed by atoms with E-state index < -0.39 is 0 Å². The van der Waals surface area contributed by atoms with Gasteiger partial charge in [0.15, 0.2) is 0 Å². The smallest absolute Gasteiger partial charge is 0.223 e. The third-order valence-electron chi connectivity index (χ3n) is 5.28. The van der Waals surface area contributed by atoms with Crippen molar-refractivity contribution >= 4 is 5.91 Å². The molecule has 1 aromatic heterocycles. The first-order chi connectivity index (χ1) is 11.4. The molecule has 0 bridgehead atoms. The molecule has 0 aliphatic heterocycles. The van der Waals surface area contributed by atoms with E-state index in [0.717, 1.165) is 12.0 Å². The Kier molecular flexibility index (Phi) is 6.55. The maximum absolute atomic E-state index is 12.6. The first-order valence-electron chi connectivity index (χ1n) is 8.84. The minimum absolute atomic E-state index is 0.168. The normalized spacial score (nSPS) is 23.9. The number of aliphatic hydroxyl groups excluding tert-OH is 1. The summed E-state index contributed by atoms with van der Waals surface area (Å²) in [7, 11) is 1.85. The van der Waals surface area contributed by atoms with Gasteiger partial charge < -0.3 is 10.0 Å². The number of hydrogen-bond acceptors (Lipinski definition) is 3. The summed E-state index contributed by atoms with van der Waals surface area (Å²) >= 11 is 0. The fourth-order valence-corrected chi connectivity index (χ4v) is 3.71. The first kappa shape index (κ1) is 18.7. The quantitative estimate of drug-likeness (QED) is 0.815. The van der Waals surface area contributed by atoms with E-state index in [2.05, 4.69) is 31.8 Å². The molecular formula is C20H30N2O2. The van der Waals surface area contributed by atoms with Crippen LogP contribution in [0.5, 0.6) is 0 Å². The van der Waals surface area contributed by atoms with Gasteiger partial charge in [0, 0.05) is 44.9 Å². The molecule has 1 aliphatic rings. The fourth-order valence-electron chi connectivity index (χ4n) is 3.71. The highest BCUT2D eigenvalue weighted by Gasteiger charge is 2.32. The number of aromatic nitrogens is 1. The highest BCUT2D eigenvalue weighted by atomic mass is 16.3.